The molecule has 164 valence electrons. The quantitative estimate of drug-likeness (QED) is 0.152. The van der Waals surface area contributed by atoms with Crippen molar-refractivity contribution in [1.82, 2.24) is 0 Å². The lowest BCUT2D eigenvalue weighted by Crippen LogP contribution is -2.57. The molecule has 0 aromatic rings. The molecule has 0 aliphatic carbocycles. The fourth-order valence-electron chi connectivity index (χ4n) is 4.49. The number of hydrogen-bond donors (Lipinski definition) is 1. The number of aliphatic hydroxyl groups is 1. The highest BCUT2D eigenvalue weighted by Gasteiger charge is 2.41. The van der Waals surface area contributed by atoms with Gasteiger partial charge in [-0.2, -0.15) is 0 Å². The minimum atomic E-state index is -0.318. The fraction of sp³-hybridized carbons (Fsp3) is 0.880. The lowest BCUT2D eigenvalue weighted by atomic mass is 10.1. The maximum atomic E-state index is 10.2. The van der Waals surface area contributed by atoms with Gasteiger partial charge in [0.2, 0.25) is 0 Å². The molecule has 1 aliphatic heterocycles. The Morgan fingerprint density at radius 3 is 1.96 bits per heavy atom. The number of unbranched alkanes of at least 4 members (excludes halogenated alkanes) is 12. The summed E-state index contributed by atoms with van der Waals surface area (Å²) >= 11 is 0. The summed E-state index contributed by atoms with van der Waals surface area (Å²) in [6, 6.07) is 0. The highest BCUT2D eigenvalue weighted by molar-refractivity contribution is 5.60. The average Bonchev–Trinajstić information content (AvgIpc) is 3.12. The maximum absolute atomic E-state index is 10.2. The SMILES string of the molecule is CCCCCCCCCCC/C=C/CCCCCC1N=CC[N+]1(CC)C(C)O. The number of rotatable bonds is 18. The number of quaternary nitrogens is 1. The van der Waals surface area contributed by atoms with Gasteiger partial charge in [-0.3, -0.25) is 4.48 Å². The number of aliphatic hydroxyl groups excluding tert-OH is 1. The van der Waals surface area contributed by atoms with E-state index in [0.29, 0.717) is 0 Å². The standard InChI is InChI=1S/C25H49N2O/c1-4-6-7-8-9-10-11-12-13-14-15-16-17-18-19-20-21-25-26-22-23-27(25,5-2)24(3)28/h15-16,22,24-25,28H,4-14,17-21,23H2,1-3H3/q+1/b16-15+. The van der Waals surface area contributed by atoms with Crippen molar-refractivity contribution in [3.63, 3.8) is 0 Å². The average molecular weight is 394 g/mol. The zero-order valence-corrected chi connectivity index (χ0v) is 19.2. The molecule has 3 nitrogen and oxygen atoms in total. The molecule has 1 aliphatic rings. The van der Waals surface area contributed by atoms with Crippen molar-refractivity contribution in [3.05, 3.63) is 12.2 Å². The van der Waals surface area contributed by atoms with Crippen LogP contribution in [-0.4, -0.2) is 41.3 Å². The number of nitrogens with zero attached hydrogens (tertiary/aromatic N) is 2. The van der Waals surface area contributed by atoms with Crippen molar-refractivity contribution in [1.29, 1.82) is 0 Å². The van der Waals surface area contributed by atoms with E-state index < -0.39 is 0 Å². The van der Waals surface area contributed by atoms with Crippen molar-refractivity contribution in [3.8, 4) is 0 Å². The van der Waals surface area contributed by atoms with Gasteiger partial charge in [-0.05, 0) is 39.0 Å². The Balaban J connectivity index is 1.93. The lowest BCUT2D eigenvalue weighted by Gasteiger charge is -2.40. The maximum Gasteiger partial charge on any atom is 0.189 e. The molecule has 28 heavy (non-hydrogen) atoms. The van der Waals surface area contributed by atoms with Crippen LogP contribution in [0.5, 0.6) is 0 Å². The Morgan fingerprint density at radius 1 is 0.893 bits per heavy atom. The Kier molecular flexibility index (Phi) is 14.6. The Labute approximate surface area is 175 Å². The fourth-order valence-corrected chi connectivity index (χ4v) is 4.49. The van der Waals surface area contributed by atoms with Crippen molar-refractivity contribution in [2.45, 2.75) is 129 Å². The first kappa shape index (κ1) is 25.4. The molecule has 0 radical (unpaired) electrons. The summed E-state index contributed by atoms with van der Waals surface area (Å²) in [7, 11) is 0. The third kappa shape index (κ3) is 9.69. The predicted molar refractivity (Wildman–Crippen MR) is 124 cm³/mol. The minimum Gasteiger partial charge on any atom is -0.345 e. The highest BCUT2D eigenvalue weighted by atomic mass is 16.3. The second kappa shape index (κ2) is 16.2. The van der Waals surface area contributed by atoms with Crippen LogP contribution in [0, 0.1) is 0 Å². The second-order valence-corrected chi connectivity index (χ2v) is 8.77. The van der Waals surface area contributed by atoms with Crippen LogP contribution in [0.1, 0.15) is 117 Å². The van der Waals surface area contributed by atoms with Crippen LogP contribution in [-0.2, 0) is 0 Å². The first-order valence-corrected chi connectivity index (χ1v) is 12.4. The second-order valence-electron chi connectivity index (χ2n) is 8.77. The number of allylic oxidation sites excluding steroid dienone is 2. The summed E-state index contributed by atoms with van der Waals surface area (Å²) in [5.74, 6) is 0. The van der Waals surface area contributed by atoms with E-state index in [9.17, 15) is 5.11 Å². The van der Waals surface area contributed by atoms with E-state index in [1.54, 1.807) is 0 Å². The van der Waals surface area contributed by atoms with Gasteiger partial charge >= 0.3 is 0 Å². The largest absolute Gasteiger partial charge is 0.345 e. The summed E-state index contributed by atoms with van der Waals surface area (Å²) in [4.78, 5) is 4.66. The number of hydrogen-bond acceptors (Lipinski definition) is 2. The molecule has 0 aromatic heterocycles. The van der Waals surface area contributed by atoms with Crippen molar-refractivity contribution in [2.75, 3.05) is 13.1 Å². The number of aliphatic imine (C=N–C) groups is 1. The topological polar surface area (TPSA) is 32.6 Å². The van der Waals surface area contributed by atoms with E-state index in [-0.39, 0.29) is 12.4 Å². The van der Waals surface area contributed by atoms with Crippen LogP contribution in [0.4, 0.5) is 0 Å². The van der Waals surface area contributed by atoms with Crippen LogP contribution >= 0.6 is 0 Å². The van der Waals surface area contributed by atoms with E-state index in [2.05, 4.69) is 31.0 Å². The first-order chi connectivity index (χ1) is 13.7. The summed E-state index contributed by atoms with van der Waals surface area (Å²) in [6.07, 6.45) is 26.8. The Hall–Kier alpha value is -0.670. The Bertz CT molecular complexity index is 419. The van der Waals surface area contributed by atoms with Gasteiger partial charge in [0, 0.05) is 13.3 Å². The van der Waals surface area contributed by atoms with Crippen LogP contribution in [0.25, 0.3) is 0 Å². The van der Waals surface area contributed by atoms with Crippen LogP contribution < -0.4 is 0 Å². The first-order valence-electron chi connectivity index (χ1n) is 12.4. The zero-order valence-electron chi connectivity index (χ0n) is 19.2. The van der Waals surface area contributed by atoms with E-state index in [0.717, 1.165) is 24.0 Å². The molecule has 0 fully saturated rings. The molecule has 3 heteroatoms. The molecule has 0 saturated heterocycles. The van der Waals surface area contributed by atoms with Gasteiger partial charge in [0.1, 0.15) is 6.54 Å². The van der Waals surface area contributed by atoms with Gasteiger partial charge in [-0.25, -0.2) is 4.99 Å². The van der Waals surface area contributed by atoms with Gasteiger partial charge in [0.05, 0.1) is 12.8 Å². The van der Waals surface area contributed by atoms with Crippen molar-refractivity contribution in [2.24, 2.45) is 4.99 Å². The summed E-state index contributed by atoms with van der Waals surface area (Å²) in [5.41, 5.74) is 0. The van der Waals surface area contributed by atoms with E-state index >= 15 is 0 Å². The van der Waals surface area contributed by atoms with E-state index in [4.69, 9.17) is 0 Å². The highest BCUT2D eigenvalue weighted by Crippen LogP contribution is 2.26. The molecule has 3 atom stereocenters. The molecule has 1 N–H and O–H groups in total. The Morgan fingerprint density at radius 2 is 1.43 bits per heavy atom. The molecule has 3 unspecified atom stereocenters. The van der Waals surface area contributed by atoms with Gasteiger partial charge < -0.3 is 5.11 Å². The summed E-state index contributed by atoms with van der Waals surface area (Å²) in [5, 5.41) is 10.2. The van der Waals surface area contributed by atoms with Crippen molar-refractivity contribution >= 4 is 6.21 Å². The van der Waals surface area contributed by atoms with E-state index in [1.165, 1.54) is 89.9 Å². The molecule has 0 aromatic carbocycles. The minimum absolute atomic E-state index is 0.271. The molecule has 0 amide bonds. The zero-order chi connectivity index (χ0) is 20.5. The van der Waals surface area contributed by atoms with Gasteiger partial charge in [0.25, 0.3) is 0 Å². The van der Waals surface area contributed by atoms with Crippen LogP contribution in [0.15, 0.2) is 17.1 Å². The lowest BCUT2D eigenvalue weighted by molar-refractivity contribution is -0.976. The smallest absolute Gasteiger partial charge is 0.189 e. The van der Waals surface area contributed by atoms with Crippen molar-refractivity contribution < 1.29 is 9.59 Å². The van der Waals surface area contributed by atoms with E-state index in [1.807, 2.05) is 13.1 Å². The van der Waals surface area contributed by atoms with Crippen LogP contribution in [0.2, 0.25) is 0 Å². The predicted octanol–water partition coefficient (Wildman–Crippen LogP) is 7.00. The van der Waals surface area contributed by atoms with Gasteiger partial charge in [-0.1, -0.05) is 76.9 Å². The molecule has 0 saturated carbocycles. The summed E-state index contributed by atoms with van der Waals surface area (Å²) in [6.45, 7) is 8.23. The monoisotopic (exact) mass is 393 g/mol. The third-order valence-corrected chi connectivity index (χ3v) is 6.60. The molecular formula is C25H49N2O+. The molecule has 1 heterocycles. The molecule has 0 bridgehead atoms. The molecule has 1 rings (SSSR count). The van der Waals surface area contributed by atoms with Gasteiger partial charge in [0.15, 0.2) is 12.4 Å². The molecular weight excluding hydrogens is 344 g/mol. The summed E-state index contributed by atoms with van der Waals surface area (Å²) < 4.78 is 0.735. The van der Waals surface area contributed by atoms with Crippen LogP contribution in [0.3, 0.4) is 0 Å². The molecule has 0 spiro atoms. The third-order valence-electron chi connectivity index (χ3n) is 6.60. The normalized spacial score (nSPS) is 23.1. The van der Waals surface area contributed by atoms with Gasteiger partial charge in [-0.15, -0.1) is 0 Å².